The molecule has 20 atom stereocenters. The molecule has 6 fully saturated rings. The van der Waals surface area contributed by atoms with Gasteiger partial charge in [0.2, 0.25) is 0 Å². The molecule has 0 bridgehead atoms. The van der Waals surface area contributed by atoms with E-state index >= 15 is 0 Å². The van der Waals surface area contributed by atoms with Gasteiger partial charge in [-0.25, -0.2) is 0 Å². The van der Waals surface area contributed by atoms with Crippen LogP contribution >= 0.6 is 0 Å². The third kappa shape index (κ3) is 26.0. The van der Waals surface area contributed by atoms with E-state index in [0.717, 1.165) is 128 Å². The molecule has 0 aromatic heterocycles. The Morgan fingerprint density at radius 2 is 0.939 bits per heavy atom. The largest absolute Gasteiger partial charge is 0.417 e. The highest BCUT2D eigenvalue weighted by atomic mass is 32.1. The highest BCUT2D eigenvalue weighted by Gasteiger charge is 2.48. The van der Waals surface area contributed by atoms with Crippen LogP contribution in [0.5, 0.6) is 0 Å². The second-order valence-corrected chi connectivity index (χ2v) is 42.8. The van der Waals surface area contributed by atoms with Crippen molar-refractivity contribution in [2.75, 3.05) is 19.8 Å². The smallest absolute Gasteiger partial charge is 0.335 e. The quantitative estimate of drug-likeness (QED) is 0.0352. The summed E-state index contributed by atoms with van der Waals surface area (Å²) in [4.78, 5) is 10.8. The van der Waals surface area contributed by atoms with E-state index in [4.69, 9.17) is 54.1 Å². The molecule has 6 saturated heterocycles. The highest BCUT2D eigenvalue weighted by Crippen LogP contribution is 2.47. The van der Waals surface area contributed by atoms with Crippen molar-refractivity contribution in [3.8, 4) is 0 Å². The summed E-state index contributed by atoms with van der Waals surface area (Å²) in [5.74, 6) is 3.44. The van der Waals surface area contributed by atoms with E-state index < -0.39 is 39.8 Å². The van der Waals surface area contributed by atoms with Crippen LogP contribution in [0.25, 0.3) is 0 Å². The Morgan fingerprint density at radius 3 is 1.33 bits per heavy atom. The van der Waals surface area contributed by atoms with E-state index in [9.17, 15) is 9.90 Å². The van der Waals surface area contributed by atoms with Crippen LogP contribution in [0, 0.1) is 47.3 Å². The average molecular weight is 1430 g/mol. The van der Waals surface area contributed by atoms with Crippen molar-refractivity contribution in [1.82, 2.24) is 0 Å². The molecule has 2 aromatic carbocycles. The summed E-state index contributed by atoms with van der Waals surface area (Å²) in [6, 6.07) is 21.8. The lowest BCUT2D eigenvalue weighted by Gasteiger charge is -2.38. The molecular formula is C80H128O14S2Si2. The zero-order chi connectivity index (χ0) is 72.7. The third-order valence-electron chi connectivity index (χ3n) is 23.2. The number of ether oxygens (including phenoxy) is 6. The first-order valence-corrected chi connectivity index (χ1v) is 43.9. The van der Waals surface area contributed by atoms with E-state index in [2.05, 4.69) is 196 Å². The van der Waals surface area contributed by atoms with E-state index in [1.807, 2.05) is 6.08 Å². The van der Waals surface area contributed by atoms with E-state index in [-0.39, 0.29) is 89.9 Å². The number of benzene rings is 2. The SMILES string of the molecule is C=C1CC(/C=C/C=O)OC1CC[C@H]1C[C@@H](C)C(=C)C(C[C@@H]2O[C@H](C[C@H](C)CO[Si](C)(C)C(C)(C)C)[C@H](C)[C@H]2Cc2ccccc2)O1.C=C1CC(CCCO)OC1CC[C@H]1C[C@@H](C)C(=C)C(C[C@@H]2O[C@H](C[C@H](C)CO[Si](C)(C)C(C)(C)C)[C@H](C)[C@H]2Cc2ccccc2)O1.O=S=O.O=S=O. The summed E-state index contributed by atoms with van der Waals surface area (Å²) in [5.41, 5.74) is 7.47. The molecule has 8 rings (SSSR count). The van der Waals surface area contributed by atoms with Crippen LogP contribution in [-0.4, -0.2) is 138 Å². The third-order valence-corrected chi connectivity index (χ3v) is 32.2. The number of hydrogen-bond acceptors (Lipinski definition) is 14. The Morgan fingerprint density at radius 1 is 0.551 bits per heavy atom. The lowest BCUT2D eigenvalue weighted by atomic mass is 9.78. The maximum atomic E-state index is 10.8. The molecule has 2 aromatic rings. The van der Waals surface area contributed by atoms with E-state index in [1.54, 1.807) is 0 Å². The van der Waals surface area contributed by atoms with Crippen LogP contribution in [0.15, 0.2) is 121 Å². The van der Waals surface area contributed by atoms with E-state index in [0.29, 0.717) is 47.3 Å². The highest BCUT2D eigenvalue weighted by molar-refractivity contribution is 7.52. The van der Waals surface area contributed by atoms with E-state index in [1.165, 1.54) is 33.9 Å². The van der Waals surface area contributed by atoms with Gasteiger partial charge in [0.05, 0.1) is 73.2 Å². The van der Waals surface area contributed by atoms with Crippen LogP contribution in [0.1, 0.15) is 184 Å². The number of allylic oxidation sites excluding steroid dienone is 1. The second kappa shape index (κ2) is 40.5. The van der Waals surface area contributed by atoms with Crippen molar-refractivity contribution in [1.29, 1.82) is 0 Å². The standard InChI is InChI=1S/C40H66O5Si.C40H62O5Si.2O2S/c2*1-27(26-42-46(9,10)40(6,7)8)21-37-31(5)35(24-32-15-12-11-13-16-32)39(45-37)25-38-30(4)28(2)22-34(44-38)18-19-36-29(3)23-33(43-36)17-14-20-41;2*1-3-2/h11-13,15-16,27-28,31,33-39,41H,3-4,14,17-26H2,1-2,5-10H3;11-17,20,27-28,31,33-39H,3-4,18-19,21-26H2,1-2,5-10H3;;/b;17-14+;;/t2*27-,28+,31+,33?,34-,35+,36?,37+,38?,39-;;/m00../s1. The van der Waals surface area contributed by atoms with Crippen LogP contribution in [0.3, 0.4) is 0 Å². The first-order valence-electron chi connectivity index (χ1n) is 36.8. The molecule has 6 aliphatic rings. The molecule has 6 heterocycles. The molecule has 0 aliphatic carbocycles. The molecule has 98 heavy (non-hydrogen) atoms. The monoisotopic (exact) mass is 1430 g/mol. The minimum Gasteiger partial charge on any atom is -0.417 e. The predicted molar refractivity (Wildman–Crippen MR) is 402 cm³/mol. The molecular weight excluding hydrogens is 1310 g/mol. The number of hydrogen-bond donors (Lipinski definition) is 1. The number of aliphatic hydroxyl groups excluding tert-OH is 1. The maximum absolute atomic E-state index is 10.8. The fourth-order valence-electron chi connectivity index (χ4n) is 14.8. The topological polar surface area (TPSA) is 179 Å². The van der Waals surface area contributed by atoms with Gasteiger partial charge in [-0.1, -0.05) is 176 Å². The molecule has 1 N–H and O–H groups in total. The van der Waals surface area contributed by atoms with Gasteiger partial charge in [0.25, 0.3) is 0 Å². The molecule has 0 radical (unpaired) electrons. The van der Waals surface area contributed by atoms with Gasteiger partial charge in [0.1, 0.15) is 6.29 Å². The molecule has 0 amide bonds. The van der Waals surface area contributed by atoms with Crippen LogP contribution < -0.4 is 0 Å². The summed E-state index contributed by atoms with van der Waals surface area (Å²) in [6.45, 7) is 56.8. The Bertz CT molecular complexity index is 2870. The number of aliphatic hydroxyl groups is 1. The Kier molecular flexibility index (Phi) is 35.2. The first-order chi connectivity index (χ1) is 46.2. The molecule has 6 aliphatic heterocycles. The van der Waals surface area contributed by atoms with Gasteiger partial charge >= 0.3 is 23.1 Å². The van der Waals surface area contributed by atoms with Crippen molar-refractivity contribution in [3.63, 3.8) is 0 Å². The van der Waals surface area contributed by atoms with Crippen LogP contribution in [0.2, 0.25) is 36.3 Å². The fourth-order valence-corrected chi connectivity index (χ4v) is 17.1. The lowest BCUT2D eigenvalue weighted by Crippen LogP contribution is -2.42. The summed E-state index contributed by atoms with van der Waals surface area (Å²) < 4.78 is 86.7. The van der Waals surface area contributed by atoms with Gasteiger partial charge in [-0.3, -0.25) is 4.79 Å². The van der Waals surface area contributed by atoms with Gasteiger partial charge in [-0.05, 0) is 207 Å². The Balaban J connectivity index is 0.000000328. The normalized spacial score (nSPS) is 31.4. The second-order valence-electron chi connectivity index (χ2n) is 32.9. The predicted octanol–water partition coefficient (Wildman–Crippen LogP) is 17.2. The zero-order valence-corrected chi connectivity index (χ0v) is 66.5. The number of carbonyl (C=O) groups excluding carboxylic acids is 1. The van der Waals surface area contributed by atoms with Crippen molar-refractivity contribution < 1.29 is 64.0 Å². The minimum atomic E-state index is -1.79. The minimum absolute atomic E-state index is 0.00677. The molecule has 0 saturated carbocycles. The summed E-state index contributed by atoms with van der Waals surface area (Å²) in [5, 5.41) is 9.65. The van der Waals surface area contributed by atoms with Crippen molar-refractivity contribution >= 4 is 46.1 Å². The Hall–Kier alpha value is -3.48. The summed E-state index contributed by atoms with van der Waals surface area (Å²) in [6.07, 6.45) is 20.3. The maximum Gasteiger partial charge on any atom is 0.335 e. The molecule has 18 heteroatoms. The molecule has 6 unspecified atom stereocenters. The van der Waals surface area contributed by atoms with Crippen LogP contribution in [0.4, 0.5) is 0 Å². The molecule has 14 nitrogen and oxygen atoms in total. The zero-order valence-electron chi connectivity index (χ0n) is 62.9. The van der Waals surface area contributed by atoms with Crippen molar-refractivity contribution in [2.24, 2.45) is 47.3 Å². The van der Waals surface area contributed by atoms with Gasteiger partial charge in [0.15, 0.2) is 16.6 Å². The molecule has 552 valence electrons. The van der Waals surface area contributed by atoms with Gasteiger partial charge in [-0.2, -0.15) is 16.8 Å². The number of aldehydes is 1. The summed E-state index contributed by atoms with van der Waals surface area (Å²) >= 11 is -1.50. The fraction of sp³-hybridized carbons (Fsp3) is 0.713. The van der Waals surface area contributed by atoms with Crippen molar-refractivity contribution in [3.05, 3.63) is 133 Å². The number of rotatable bonds is 29. The summed E-state index contributed by atoms with van der Waals surface area (Å²) in [7, 11) is -3.58. The first kappa shape index (κ1) is 85.2. The van der Waals surface area contributed by atoms with Gasteiger partial charge in [-0.15, -0.1) is 0 Å². The van der Waals surface area contributed by atoms with Crippen LogP contribution in [-0.2, 0) is 78.1 Å². The van der Waals surface area contributed by atoms with Crippen molar-refractivity contribution in [2.45, 2.75) is 295 Å². The number of carbonyl (C=O) groups is 1. The van der Waals surface area contributed by atoms with Gasteiger partial charge < -0.3 is 42.4 Å². The lowest BCUT2D eigenvalue weighted by molar-refractivity contribution is -0.104. The Labute approximate surface area is 601 Å². The van der Waals surface area contributed by atoms with Gasteiger partial charge in [0, 0.05) is 39.1 Å². The average Bonchev–Trinajstić information content (AvgIpc) is 1.65. The molecule has 0 spiro atoms.